The number of nitrogens with one attached hydrogen (secondary N) is 1. The summed E-state index contributed by atoms with van der Waals surface area (Å²) >= 11 is 0. The van der Waals surface area contributed by atoms with E-state index < -0.39 is 0 Å². The van der Waals surface area contributed by atoms with Crippen molar-refractivity contribution < 1.29 is 4.74 Å². The summed E-state index contributed by atoms with van der Waals surface area (Å²) in [7, 11) is 1.70. The molecule has 7 nitrogen and oxygen atoms in total. The summed E-state index contributed by atoms with van der Waals surface area (Å²) in [5.74, 6) is 1.32. The fourth-order valence-electron chi connectivity index (χ4n) is 3.62. The first kappa shape index (κ1) is 16.7. The van der Waals surface area contributed by atoms with Crippen LogP contribution in [0.3, 0.4) is 0 Å². The molecule has 7 heteroatoms. The van der Waals surface area contributed by atoms with Crippen molar-refractivity contribution in [2.75, 3.05) is 19.5 Å². The number of nitrogens with zero attached hydrogens (tertiary/aromatic N) is 4. The Morgan fingerprint density at radius 2 is 1.68 bits per heavy atom. The van der Waals surface area contributed by atoms with Crippen molar-refractivity contribution >= 4 is 39.0 Å². The average molecular weight is 372 g/mol. The SMILES string of the molecule is COCCCn1c(N)c(-c2nc3ccccc3[nH]2)c2nc3ccccc3nc21. The first-order chi connectivity index (χ1) is 13.8. The van der Waals surface area contributed by atoms with E-state index in [1.54, 1.807) is 7.11 Å². The molecule has 0 aliphatic rings. The highest BCUT2D eigenvalue weighted by Crippen LogP contribution is 2.35. The predicted molar refractivity (Wildman–Crippen MR) is 111 cm³/mol. The Labute approximate surface area is 161 Å². The van der Waals surface area contributed by atoms with E-state index in [0.717, 1.165) is 45.2 Å². The quantitative estimate of drug-likeness (QED) is 0.458. The molecule has 5 aromatic rings. The van der Waals surface area contributed by atoms with Crippen LogP contribution in [0.5, 0.6) is 0 Å². The van der Waals surface area contributed by atoms with Crippen molar-refractivity contribution in [3.8, 4) is 11.4 Å². The van der Waals surface area contributed by atoms with Gasteiger partial charge in [-0.3, -0.25) is 0 Å². The van der Waals surface area contributed by atoms with Crippen LogP contribution in [0.25, 0.3) is 44.6 Å². The minimum absolute atomic E-state index is 0.612. The zero-order valence-electron chi connectivity index (χ0n) is 15.5. The van der Waals surface area contributed by atoms with Crippen molar-refractivity contribution in [3.05, 3.63) is 48.5 Å². The zero-order chi connectivity index (χ0) is 19.1. The van der Waals surface area contributed by atoms with Crippen LogP contribution in [0.2, 0.25) is 0 Å². The third kappa shape index (κ3) is 2.59. The van der Waals surface area contributed by atoms with Crippen LogP contribution >= 0.6 is 0 Å². The van der Waals surface area contributed by atoms with Crippen LogP contribution in [-0.2, 0) is 11.3 Å². The van der Waals surface area contributed by atoms with E-state index >= 15 is 0 Å². The molecule has 28 heavy (non-hydrogen) atoms. The van der Waals surface area contributed by atoms with Crippen molar-refractivity contribution in [2.45, 2.75) is 13.0 Å². The number of hydrogen-bond donors (Lipinski definition) is 2. The van der Waals surface area contributed by atoms with E-state index in [-0.39, 0.29) is 0 Å². The Kier molecular flexibility index (Phi) is 3.95. The highest BCUT2D eigenvalue weighted by Gasteiger charge is 2.22. The summed E-state index contributed by atoms with van der Waals surface area (Å²) in [6.45, 7) is 1.35. The number of para-hydroxylation sites is 4. The molecule has 0 radical (unpaired) electrons. The van der Waals surface area contributed by atoms with Crippen molar-refractivity contribution in [2.24, 2.45) is 0 Å². The van der Waals surface area contributed by atoms with E-state index in [2.05, 4.69) is 4.98 Å². The van der Waals surface area contributed by atoms with E-state index in [1.165, 1.54) is 0 Å². The third-order valence-electron chi connectivity index (χ3n) is 4.95. The highest BCUT2D eigenvalue weighted by atomic mass is 16.5. The van der Waals surface area contributed by atoms with Crippen molar-refractivity contribution in [3.63, 3.8) is 0 Å². The molecule has 0 fully saturated rings. The Morgan fingerprint density at radius 3 is 2.43 bits per heavy atom. The number of hydrogen-bond acceptors (Lipinski definition) is 5. The zero-order valence-corrected chi connectivity index (χ0v) is 15.5. The lowest BCUT2D eigenvalue weighted by atomic mass is 10.2. The lowest BCUT2D eigenvalue weighted by Crippen LogP contribution is -2.06. The van der Waals surface area contributed by atoms with Crippen LogP contribution in [0, 0.1) is 0 Å². The molecular weight excluding hydrogens is 352 g/mol. The smallest absolute Gasteiger partial charge is 0.161 e. The number of anilines is 1. The summed E-state index contributed by atoms with van der Waals surface area (Å²) in [6, 6.07) is 15.8. The summed E-state index contributed by atoms with van der Waals surface area (Å²) in [5.41, 5.74) is 12.5. The minimum atomic E-state index is 0.612. The molecule has 140 valence electrons. The van der Waals surface area contributed by atoms with Gasteiger partial charge in [0.1, 0.15) is 17.2 Å². The molecule has 0 spiro atoms. The summed E-state index contributed by atoms with van der Waals surface area (Å²) in [4.78, 5) is 17.9. The molecule has 0 bridgehead atoms. The second-order valence-corrected chi connectivity index (χ2v) is 6.75. The summed E-state index contributed by atoms with van der Waals surface area (Å²) in [6.07, 6.45) is 0.832. The molecular formula is C21H20N6O. The van der Waals surface area contributed by atoms with E-state index in [1.807, 2.05) is 53.1 Å². The van der Waals surface area contributed by atoms with Gasteiger partial charge in [0.2, 0.25) is 0 Å². The highest BCUT2D eigenvalue weighted by molar-refractivity contribution is 6.01. The molecule has 0 atom stereocenters. The fourth-order valence-corrected chi connectivity index (χ4v) is 3.62. The van der Waals surface area contributed by atoms with Crippen LogP contribution < -0.4 is 5.73 Å². The van der Waals surface area contributed by atoms with Gasteiger partial charge in [-0.05, 0) is 30.7 Å². The molecule has 0 amide bonds. The minimum Gasteiger partial charge on any atom is -0.385 e. The maximum atomic E-state index is 6.60. The summed E-state index contributed by atoms with van der Waals surface area (Å²) < 4.78 is 7.22. The second kappa shape index (κ2) is 6.61. The van der Waals surface area contributed by atoms with Gasteiger partial charge in [-0.2, -0.15) is 0 Å². The molecule has 0 saturated heterocycles. The maximum absolute atomic E-state index is 6.60. The fraction of sp³-hybridized carbons (Fsp3) is 0.190. The molecule has 0 unspecified atom stereocenters. The van der Waals surface area contributed by atoms with Crippen molar-refractivity contribution in [1.29, 1.82) is 0 Å². The molecule has 5 rings (SSSR count). The molecule has 3 heterocycles. The van der Waals surface area contributed by atoms with Gasteiger partial charge < -0.3 is 20.0 Å². The average Bonchev–Trinajstić information content (AvgIpc) is 3.25. The van der Waals surface area contributed by atoms with Gasteiger partial charge in [-0.1, -0.05) is 24.3 Å². The number of methoxy groups -OCH3 is 1. The molecule has 0 aliphatic carbocycles. The topological polar surface area (TPSA) is 94.6 Å². The van der Waals surface area contributed by atoms with Gasteiger partial charge in [0.05, 0.1) is 27.6 Å². The number of imidazole rings is 1. The first-order valence-corrected chi connectivity index (χ1v) is 9.25. The maximum Gasteiger partial charge on any atom is 0.161 e. The molecule has 3 N–H and O–H groups in total. The predicted octanol–water partition coefficient (Wildman–Crippen LogP) is 3.75. The number of ether oxygens (including phenoxy) is 1. The molecule has 0 aliphatic heterocycles. The number of nitrogen functional groups attached to an aromatic ring is 1. The van der Waals surface area contributed by atoms with Crippen LogP contribution in [-0.4, -0.2) is 38.2 Å². The lowest BCUT2D eigenvalue weighted by Gasteiger charge is -2.07. The standard InChI is InChI=1S/C21H20N6O/c1-28-12-6-11-27-19(22)17(20-24-14-8-3-4-9-15(14)25-20)18-21(27)26-16-10-5-2-7-13(16)23-18/h2-5,7-10H,6,11-12,22H2,1H3,(H,24,25). The Bertz CT molecular complexity index is 1270. The van der Waals surface area contributed by atoms with Gasteiger partial charge in [-0.15, -0.1) is 0 Å². The van der Waals surface area contributed by atoms with Crippen molar-refractivity contribution in [1.82, 2.24) is 24.5 Å². The van der Waals surface area contributed by atoms with E-state index in [9.17, 15) is 0 Å². The number of nitrogens with two attached hydrogens (primary N) is 1. The Hall–Kier alpha value is -3.45. The van der Waals surface area contributed by atoms with E-state index in [0.29, 0.717) is 24.8 Å². The number of aromatic nitrogens is 5. The third-order valence-corrected chi connectivity index (χ3v) is 4.95. The number of benzene rings is 2. The van der Waals surface area contributed by atoms with E-state index in [4.69, 9.17) is 25.4 Å². The number of fused-ring (bicyclic) bond motifs is 3. The first-order valence-electron chi connectivity index (χ1n) is 9.25. The molecule has 0 saturated carbocycles. The van der Waals surface area contributed by atoms with Crippen LogP contribution in [0.4, 0.5) is 5.82 Å². The normalized spacial score (nSPS) is 11.8. The van der Waals surface area contributed by atoms with Gasteiger partial charge in [-0.25, -0.2) is 15.0 Å². The second-order valence-electron chi connectivity index (χ2n) is 6.75. The number of aryl methyl sites for hydroxylation is 1. The monoisotopic (exact) mass is 372 g/mol. The number of H-pyrrole nitrogens is 1. The lowest BCUT2D eigenvalue weighted by molar-refractivity contribution is 0.191. The summed E-state index contributed by atoms with van der Waals surface area (Å²) in [5, 5.41) is 0. The van der Waals surface area contributed by atoms with Crippen LogP contribution in [0.15, 0.2) is 48.5 Å². The number of rotatable bonds is 5. The Balaban J connectivity index is 1.79. The van der Waals surface area contributed by atoms with Gasteiger partial charge in [0.15, 0.2) is 5.65 Å². The van der Waals surface area contributed by atoms with Gasteiger partial charge >= 0.3 is 0 Å². The van der Waals surface area contributed by atoms with Crippen LogP contribution in [0.1, 0.15) is 6.42 Å². The molecule has 3 aromatic heterocycles. The Morgan fingerprint density at radius 1 is 0.964 bits per heavy atom. The molecule has 2 aromatic carbocycles. The van der Waals surface area contributed by atoms with Gasteiger partial charge in [0.25, 0.3) is 0 Å². The van der Waals surface area contributed by atoms with Gasteiger partial charge in [0, 0.05) is 20.3 Å². The largest absolute Gasteiger partial charge is 0.385 e. The number of aromatic amines is 1.